The summed E-state index contributed by atoms with van der Waals surface area (Å²) in [5, 5.41) is 6.45. The normalized spacial score (nSPS) is 11.3. The number of anilines is 1. The van der Waals surface area contributed by atoms with Gasteiger partial charge in [-0.15, -0.1) is 5.10 Å². The molecule has 0 aliphatic heterocycles. The number of carbonyl (C=O) groups is 2. The van der Waals surface area contributed by atoms with Crippen LogP contribution in [-0.2, 0) is 5.54 Å². The Morgan fingerprint density at radius 2 is 2.00 bits per heavy atom. The van der Waals surface area contributed by atoms with Gasteiger partial charge in [0.1, 0.15) is 12.1 Å². The zero-order valence-corrected chi connectivity index (χ0v) is 12.4. The number of carbonyl (C=O) groups excluding carboxylic acids is 2. The molecule has 3 N–H and O–H groups in total. The first-order chi connectivity index (χ1) is 10.2. The van der Waals surface area contributed by atoms with Gasteiger partial charge >= 0.3 is 0 Å². The van der Waals surface area contributed by atoms with Crippen molar-refractivity contribution in [1.82, 2.24) is 14.8 Å². The van der Waals surface area contributed by atoms with E-state index in [1.54, 1.807) is 0 Å². The number of hydrogen-bond donors (Lipinski definition) is 2. The number of nitrogens with zero attached hydrogens (tertiary/aromatic N) is 3. The van der Waals surface area contributed by atoms with Crippen LogP contribution in [0.3, 0.4) is 0 Å². The van der Waals surface area contributed by atoms with E-state index < -0.39 is 17.6 Å². The molecule has 0 fully saturated rings. The molecule has 0 spiro atoms. The minimum absolute atomic E-state index is 0.00463. The van der Waals surface area contributed by atoms with Crippen LogP contribution in [-0.4, -0.2) is 26.6 Å². The van der Waals surface area contributed by atoms with E-state index in [1.165, 1.54) is 17.1 Å². The maximum atomic E-state index is 13.3. The maximum absolute atomic E-state index is 13.3. The van der Waals surface area contributed by atoms with Gasteiger partial charge in [-0.2, -0.15) is 0 Å². The zero-order valence-electron chi connectivity index (χ0n) is 12.4. The average Bonchev–Trinajstić information content (AvgIpc) is 2.87. The molecule has 22 heavy (non-hydrogen) atoms. The molecule has 2 amide bonds. The van der Waals surface area contributed by atoms with E-state index in [1.807, 2.05) is 20.8 Å². The fraction of sp³-hybridized carbons (Fsp3) is 0.286. The molecule has 0 aliphatic rings. The van der Waals surface area contributed by atoms with Crippen LogP contribution < -0.4 is 11.1 Å². The van der Waals surface area contributed by atoms with Gasteiger partial charge in [-0.05, 0) is 39.0 Å². The van der Waals surface area contributed by atoms with Gasteiger partial charge in [-0.1, -0.05) is 0 Å². The van der Waals surface area contributed by atoms with Crippen molar-refractivity contribution >= 4 is 17.5 Å². The first kappa shape index (κ1) is 15.6. The first-order valence-electron chi connectivity index (χ1n) is 6.51. The summed E-state index contributed by atoms with van der Waals surface area (Å²) in [4.78, 5) is 27.3. The lowest BCUT2D eigenvalue weighted by Crippen LogP contribution is -2.24. The fourth-order valence-electron chi connectivity index (χ4n) is 1.70. The highest BCUT2D eigenvalue weighted by atomic mass is 19.1. The predicted molar refractivity (Wildman–Crippen MR) is 77.9 cm³/mol. The van der Waals surface area contributed by atoms with Gasteiger partial charge in [0.15, 0.2) is 0 Å². The molecule has 2 aromatic rings. The van der Waals surface area contributed by atoms with E-state index >= 15 is 0 Å². The van der Waals surface area contributed by atoms with Crippen LogP contribution in [0.25, 0.3) is 0 Å². The number of rotatable bonds is 3. The first-order valence-corrected chi connectivity index (χ1v) is 6.51. The number of benzene rings is 1. The third-order valence-electron chi connectivity index (χ3n) is 2.88. The highest BCUT2D eigenvalue weighted by Gasteiger charge is 2.20. The molecule has 0 aliphatic carbocycles. The summed E-state index contributed by atoms with van der Waals surface area (Å²) in [5.74, 6) is -2.12. The number of halogens is 1. The molecule has 8 heteroatoms. The van der Waals surface area contributed by atoms with E-state index in [2.05, 4.69) is 15.4 Å². The summed E-state index contributed by atoms with van der Waals surface area (Å²) >= 11 is 0. The molecule has 116 valence electrons. The number of aromatic nitrogens is 3. The van der Waals surface area contributed by atoms with Crippen LogP contribution in [0.4, 0.5) is 10.1 Å². The summed E-state index contributed by atoms with van der Waals surface area (Å²) in [6, 6.07) is 3.30. The summed E-state index contributed by atoms with van der Waals surface area (Å²) in [6.45, 7) is 5.71. The summed E-state index contributed by atoms with van der Waals surface area (Å²) in [6.07, 6.45) is 1.43. The van der Waals surface area contributed by atoms with Crippen molar-refractivity contribution in [2.45, 2.75) is 26.3 Å². The van der Waals surface area contributed by atoms with Crippen LogP contribution in [0.15, 0.2) is 24.5 Å². The lowest BCUT2D eigenvalue weighted by Gasteiger charge is -2.17. The third kappa shape index (κ3) is 3.27. The minimum atomic E-state index is -0.775. The maximum Gasteiger partial charge on any atom is 0.295 e. The second-order valence-corrected chi connectivity index (χ2v) is 5.69. The van der Waals surface area contributed by atoms with Gasteiger partial charge < -0.3 is 11.1 Å². The third-order valence-corrected chi connectivity index (χ3v) is 2.88. The van der Waals surface area contributed by atoms with Crippen molar-refractivity contribution in [3.8, 4) is 0 Å². The van der Waals surface area contributed by atoms with Crippen LogP contribution >= 0.6 is 0 Å². The predicted octanol–water partition coefficient (Wildman–Crippen LogP) is 1.52. The van der Waals surface area contributed by atoms with E-state index in [4.69, 9.17) is 5.73 Å². The minimum Gasteiger partial charge on any atom is -0.366 e. The Balaban J connectivity index is 2.28. The van der Waals surface area contributed by atoms with Gasteiger partial charge in [-0.25, -0.2) is 14.1 Å². The molecule has 0 radical (unpaired) electrons. The average molecular weight is 305 g/mol. The van der Waals surface area contributed by atoms with Gasteiger partial charge in [0.25, 0.3) is 11.8 Å². The topological polar surface area (TPSA) is 103 Å². The molecule has 1 heterocycles. The smallest absolute Gasteiger partial charge is 0.295 e. The number of nitrogens with one attached hydrogen (secondary N) is 1. The van der Waals surface area contributed by atoms with Crippen molar-refractivity contribution < 1.29 is 14.0 Å². The van der Waals surface area contributed by atoms with Crippen LogP contribution in [0, 0.1) is 5.82 Å². The number of nitrogens with two attached hydrogens (primary N) is 1. The standard InChI is InChI=1S/C14H16FN5O2/c1-14(2,3)20-7-17-12(19-20)13(22)18-10-6-8(15)4-5-9(10)11(16)21/h4-7H,1-3H3,(H2,16,21)(H,18,22). The van der Waals surface area contributed by atoms with Gasteiger partial charge in [0.2, 0.25) is 5.82 Å². The van der Waals surface area contributed by atoms with E-state index in [-0.39, 0.29) is 22.6 Å². The lowest BCUT2D eigenvalue weighted by molar-refractivity contribution is 0.100. The van der Waals surface area contributed by atoms with Crippen LogP contribution in [0.5, 0.6) is 0 Å². The van der Waals surface area contributed by atoms with Gasteiger partial charge in [0.05, 0.1) is 16.8 Å². The molecule has 2 rings (SSSR count). The summed E-state index contributed by atoms with van der Waals surface area (Å²) < 4.78 is 14.8. The Kier molecular flexibility index (Phi) is 3.94. The molecule has 0 atom stereocenters. The zero-order chi connectivity index (χ0) is 16.5. The van der Waals surface area contributed by atoms with Crippen LogP contribution in [0.2, 0.25) is 0 Å². The summed E-state index contributed by atoms with van der Waals surface area (Å²) in [5.41, 5.74) is 4.84. The molecule has 0 saturated carbocycles. The molecule has 0 saturated heterocycles. The number of primary amides is 1. The monoisotopic (exact) mass is 305 g/mol. The largest absolute Gasteiger partial charge is 0.366 e. The highest BCUT2D eigenvalue weighted by Crippen LogP contribution is 2.18. The molecule has 7 nitrogen and oxygen atoms in total. The van der Waals surface area contributed by atoms with Crippen molar-refractivity contribution in [2.24, 2.45) is 5.73 Å². The van der Waals surface area contributed by atoms with E-state index in [0.29, 0.717) is 0 Å². The Morgan fingerprint density at radius 3 is 2.55 bits per heavy atom. The van der Waals surface area contributed by atoms with E-state index in [0.717, 1.165) is 12.1 Å². The second-order valence-electron chi connectivity index (χ2n) is 5.69. The Bertz CT molecular complexity index is 733. The fourth-order valence-corrected chi connectivity index (χ4v) is 1.70. The molecule has 1 aromatic carbocycles. The van der Waals surface area contributed by atoms with E-state index in [9.17, 15) is 14.0 Å². The molecule has 0 bridgehead atoms. The molecular weight excluding hydrogens is 289 g/mol. The van der Waals surface area contributed by atoms with Crippen LogP contribution in [0.1, 0.15) is 41.7 Å². The highest BCUT2D eigenvalue weighted by molar-refractivity contribution is 6.07. The number of amides is 2. The second kappa shape index (κ2) is 5.55. The molecule has 0 unspecified atom stereocenters. The Hall–Kier alpha value is -2.77. The number of hydrogen-bond acceptors (Lipinski definition) is 4. The van der Waals surface area contributed by atoms with Crippen molar-refractivity contribution in [3.05, 3.63) is 41.7 Å². The summed E-state index contributed by atoms with van der Waals surface area (Å²) in [7, 11) is 0. The van der Waals surface area contributed by atoms with Gasteiger partial charge in [-0.3, -0.25) is 9.59 Å². The SMILES string of the molecule is CC(C)(C)n1cnc(C(=O)Nc2cc(F)ccc2C(N)=O)n1. The van der Waals surface area contributed by atoms with Crippen molar-refractivity contribution in [1.29, 1.82) is 0 Å². The Labute approximate surface area is 126 Å². The van der Waals surface area contributed by atoms with Gasteiger partial charge in [0, 0.05) is 0 Å². The van der Waals surface area contributed by atoms with Crippen molar-refractivity contribution in [3.63, 3.8) is 0 Å². The quantitative estimate of drug-likeness (QED) is 0.897. The molecule has 1 aromatic heterocycles. The van der Waals surface area contributed by atoms with Crippen molar-refractivity contribution in [2.75, 3.05) is 5.32 Å². The molecular formula is C14H16FN5O2. The lowest BCUT2D eigenvalue weighted by atomic mass is 10.1. The Morgan fingerprint density at radius 1 is 1.32 bits per heavy atom.